The molecule has 5 nitrogen and oxygen atoms in total. The molecule has 0 saturated carbocycles. The van der Waals surface area contributed by atoms with E-state index in [0.717, 1.165) is 17.3 Å². The molecule has 0 aromatic heterocycles. The summed E-state index contributed by atoms with van der Waals surface area (Å²) in [7, 11) is 1.51. The average Bonchev–Trinajstić information content (AvgIpc) is 2.66. The van der Waals surface area contributed by atoms with Crippen molar-refractivity contribution in [2.45, 2.75) is 19.8 Å². The van der Waals surface area contributed by atoms with E-state index in [9.17, 15) is 9.59 Å². The number of Topliss-reactive ketones (excluding diaryl/α,β-unsaturated/α-hetero) is 1. The van der Waals surface area contributed by atoms with Crippen LogP contribution < -0.4 is 9.47 Å². The number of esters is 1. The lowest BCUT2D eigenvalue weighted by atomic mass is 10.1. The van der Waals surface area contributed by atoms with Crippen molar-refractivity contribution in [1.82, 2.24) is 0 Å². The fourth-order valence-electron chi connectivity index (χ4n) is 2.17. The number of hydrogen-bond acceptors (Lipinski definition) is 5. The minimum atomic E-state index is -0.589. The van der Waals surface area contributed by atoms with Gasteiger partial charge < -0.3 is 14.2 Å². The fourth-order valence-corrected chi connectivity index (χ4v) is 2.44. The smallest absolute Gasteiger partial charge is 0.338 e. The van der Waals surface area contributed by atoms with Crippen molar-refractivity contribution < 1.29 is 23.8 Å². The van der Waals surface area contributed by atoms with Crippen LogP contribution in [-0.4, -0.2) is 32.1 Å². The Morgan fingerprint density at radius 3 is 2.35 bits per heavy atom. The van der Waals surface area contributed by atoms with Crippen molar-refractivity contribution in [1.29, 1.82) is 0 Å². The van der Waals surface area contributed by atoms with Crippen LogP contribution in [0.2, 0.25) is 0 Å². The van der Waals surface area contributed by atoms with E-state index in [4.69, 9.17) is 14.2 Å². The van der Waals surface area contributed by atoms with Gasteiger partial charge >= 0.3 is 5.97 Å². The van der Waals surface area contributed by atoms with Crippen molar-refractivity contribution in [3.8, 4) is 11.5 Å². The van der Waals surface area contributed by atoms with Crippen molar-refractivity contribution >= 4 is 27.7 Å². The molecule has 0 heterocycles. The van der Waals surface area contributed by atoms with E-state index in [1.54, 1.807) is 42.5 Å². The third kappa shape index (κ3) is 5.59. The molecular formula is C20H21BrO5. The molecule has 0 N–H and O–H groups in total. The van der Waals surface area contributed by atoms with Crippen LogP contribution in [0.25, 0.3) is 0 Å². The zero-order valence-electron chi connectivity index (χ0n) is 14.8. The predicted octanol–water partition coefficient (Wildman–Crippen LogP) is 4.68. The van der Waals surface area contributed by atoms with E-state index in [0.29, 0.717) is 29.2 Å². The number of ether oxygens (including phenoxy) is 3. The molecule has 0 spiro atoms. The van der Waals surface area contributed by atoms with Crippen LogP contribution in [0, 0.1) is 0 Å². The van der Waals surface area contributed by atoms with Crippen LogP contribution in [0.3, 0.4) is 0 Å². The summed E-state index contributed by atoms with van der Waals surface area (Å²) in [5.41, 5.74) is 0.784. The summed E-state index contributed by atoms with van der Waals surface area (Å²) in [4.78, 5) is 24.3. The number of benzene rings is 2. The molecule has 6 heteroatoms. The summed E-state index contributed by atoms with van der Waals surface area (Å²) in [5, 5.41) is 0. The van der Waals surface area contributed by atoms with Gasteiger partial charge in [0.15, 0.2) is 23.9 Å². The van der Waals surface area contributed by atoms with Crippen LogP contribution in [0.4, 0.5) is 0 Å². The second-order valence-electron chi connectivity index (χ2n) is 5.57. The lowest BCUT2D eigenvalue weighted by Crippen LogP contribution is -2.14. The van der Waals surface area contributed by atoms with Crippen molar-refractivity contribution in [2.24, 2.45) is 0 Å². The number of unbranched alkanes of at least 4 members (excludes halogenated alkanes) is 1. The monoisotopic (exact) mass is 420 g/mol. The zero-order valence-corrected chi connectivity index (χ0v) is 16.4. The van der Waals surface area contributed by atoms with E-state index in [-0.39, 0.29) is 12.4 Å². The molecule has 0 saturated heterocycles. The van der Waals surface area contributed by atoms with Gasteiger partial charge in [-0.3, -0.25) is 4.79 Å². The third-order valence-corrected chi connectivity index (χ3v) is 4.18. The maximum Gasteiger partial charge on any atom is 0.338 e. The molecule has 138 valence electrons. The number of rotatable bonds is 9. The highest BCUT2D eigenvalue weighted by atomic mass is 79.9. The number of halogens is 1. The summed E-state index contributed by atoms with van der Waals surface area (Å²) < 4.78 is 16.9. The van der Waals surface area contributed by atoms with Crippen molar-refractivity contribution in [3.05, 3.63) is 58.1 Å². The fraction of sp³-hybridized carbons (Fsp3) is 0.300. The molecule has 0 bridgehead atoms. The van der Waals surface area contributed by atoms with Gasteiger partial charge in [0.05, 0.1) is 19.3 Å². The zero-order chi connectivity index (χ0) is 18.9. The lowest BCUT2D eigenvalue weighted by molar-refractivity contribution is 0.0474. The quantitative estimate of drug-likeness (QED) is 0.334. The topological polar surface area (TPSA) is 61.8 Å². The minimum Gasteiger partial charge on any atom is -0.493 e. The van der Waals surface area contributed by atoms with Crippen LogP contribution in [-0.2, 0) is 4.74 Å². The summed E-state index contributed by atoms with van der Waals surface area (Å²) in [6.07, 6.45) is 1.96. The highest BCUT2D eigenvalue weighted by Crippen LogP contribution is 2.28. The summed E-state index contributed by atoms with van der Waals surface area (Å²) in [5.74, 6) is 0.171. The second kappa shape index (κ2) is 9.97. The molecule has 0 aliphatic heterocycles. The molecule has 0 unspecified atom stereocenters. The summed E-state index contributed by atoms with van der Waals surface area (Å²) in [6, 6.07) is 11.7. The largest absolute Gasteiger partial charge is 0.493 e. The first kappa shape index (κ1) is 20.0. The number of carbonyl (C=O) groups excluding carboxylic acids is 2. The summed E-state index contributed by atoms with van der Waals surface area (Å²) >= 11 is 3.31. The van der Waals surface area contributed by atoms with E-state index in [1.807, 2.05) is 0 Å². The maximum atomic E-state index is 12.2. The molecule has 2 aromatic carbocycles. The first-order valence-electron chi connectivity index (χ1n) is 8.32. The molecule has 0 fully saturated rings. The van der Waals surface area contributed by atoms with Crippen LogP contribution >= 0.6 is 15.9 Å². The number of carbonyl (C=O) groups is 2. The van der Waals surface area contributed by atoms with E-state index < -0.39 is 5.97 Å². The molecule has 0 aliphatic rings. The van der Waals surface area contributed by atoms with Crippen molar-refractivity contribution in [3.63, 3.8) is 0 Å². The summed E-state index contributed by atoms with van der Waals surface area (Å²) in [6.45, 7) is 2.34. The van der Waals surface area contributed by atoms with Gasteiger partial charge in [-0.15, -0.1) is 0 Å². The molecule has 0 atom stereocenters. The predicted molar refractivity (Wildman–Crippen MR) is 102 cm³/mol. The molecular weight excluding hydrogens is 400 g/mol. The molecule has 0 amide bonds. The SMILES string of the molecule is CCCCOc1ccc(C(=O)OCC(=O)c2ccc(Br)cc2)cc1OC. The number of methoxy groups -OCH3 is 1. The Morgan fingerprint density at radius 1 is 1.00 bits per heavy atom. The Kier molecular flexibility index (Phi) is 7.66. The number of hydrogen-bond donors (Lipinski definition) is 0. The highest BCUT2D eigenvalue weighted by Gasteiger charge is 2.15. The van der Waals surface area contributed by atoms with E-state index >= 15 is 0 Å². The van der Waals surface area contributed by atoms with Gasteiger partial charge in [0.1, 0.15) is 0 Å². The van der Waals surface area contributed by atoms with Crippen molar-refractivity contribution in [2.75, 3.05) is 20.3 Å². The van der Waals surface area contributed by atoms with Gasteiger partial charge in [0.2, 0.25) is 0 Å². The van der Waals surface area contributed by atoms with Crippen LogP contribution in [0.15, 0.2) is 46.9 Å². The van der Waals surface area contributed by atoms with Crippen LogP contribution in [0.5, 0.6) is 11.5 Å². The molecule has 2 aromatic rings. The first-order chi connectivity index (χ1) is 12.5. The second-order valence-corrected chi connectivity index (χ2v) is 6.49. The molecule has 0 radical (unpaired) electrons. The molecule has 2 rings (SSSR count). The van der Waals surface area contributed by atoms with E-state index in [2.05, 4.69) is 22.9 Å². The minimum absolute atomic E-state index is 0.266. The first-order valence-corrected chi connectivity index (χ1v) is 9.11. The normalized spacial score (nSPS) is 10.3. The Bertz CT molecular complexity index is 755. The maximum absolute atomic E-state index is 12.2. The standard InChI is InChI=1S/C20H21BrO5/c1-3-4-11-25-18-10-7-15(12-19(18)24-2)20(23)26-13-17(22)14-5-8-16(21)9-6-14/h5-10,12H,3-4,11,13H2,1-2H3. The average molecular weight is 421 g/mol. The Labute approximate surface area is 161 Å². The number of ketones is 1. The van der Waals surface area contributed by atoms with Gasteiger partial charge in [0.25, 0.3) is 0 Å². The Balaban J connectivity index is 1.98. The van der Waals surface area contributed by atoms with Gasteiger partial charge in [-0.2, -0.15) is 0 Å². The Hall–Kier alpha value is -2.34. The van der Waals surface area contributed by atoms with Gasteiger partial charge in [-0.1, -0.05) is 41.4 Å². The lowest BCUT2D eigenvalue weighted by Gasteiger charge is -2.12. The molecule has 26 heavy (non-hydrogen) atoms. The Morgan fingerprint density at radius 2 is 1.69 bits per heavy atom. The van der Waals surface area contributed by atoms with Gasteiger partial charge in [-0.05, 0) is 36.8 Å². The highest BCUT2D eigenvalue weighted by molar-refractivity contribution is 9.10. The molecule has 0 aliphatic carbocycles. The van der Waals surface area contributed by atoms with E-state index in [1.165, 1.54) is 7.11 Å². The van der Waals surface area contributed by atoms with Gasteiger partial charge in [-0.25, -0.2) is 4.79 Å². The third-order valence-electron chi connectivity index (χ3n) is 3.66. The van der Waals surface area contributed by atoms with Crippen LogP contribution in [0.1, 0.15) is 40.5 Å². The van der Waals surface area contributed by atoms with Gasteiger partial charge in [0, 0.05) is 10.0 Å².